The molecule has 0 aliphatic rings. The normalized spacial score (nSPS) is 10.3. The van der Waals surface area contributed by atoms with Crippen LogP contribution in [-0.4, -0.2) is 40.4 Å². The first kappa shape index (κ1) is 15.9. The molecule has 0 aliphatic carbocycles. The van der Waals surface area contributed by atoms with E-state index in [1.165, 1.54) is 0 Å². The van der Waals surface area contributed by atoms with Gasteiger partial charge in [-0.05, 0) is 36.2 Å². The molecule has 0 radical (unpaired) electrons. The largest absolute Gasteiger partial charge is 0.361 e. The van der Waals surface area contributed by atoms with Crippen molar-refractivity contribution in [2.75, 3.05) is 25.0 Å². The number of hydrogen-bond donors (Lipinski definition) is 1. The second-order valence-electron chi connectivity index (χ2n) is 4.16. The number of aromatic nitrogens is 2. The lowest BCUT2D eigenvalue weighted by molar-refractivity contribution is -0.128. The van der Waals surface area contributed by atoms with Crippen LogP contribution in [0.15, 0.2) is 10.7 Å². The van der Waals surface area contributed by atoms with E-state index in [0.717, 1.165) is 36.4 Å². The van der Waals surface area contributed by atoms with Crippen LogP contribution in [0.4, 0.5) is 5.82 Å². The van der Waals surface area contributed by atoms with Gasteiger partial charge in [0, 0.05) is 25.6 Å². The number of rotatable bonds is 7. The first-order valence-electron chi connectivity index (χ1n) is 6.65. The van der Waals surface area contributed by atoms with Gasteiger partial charge in [-0.2, -0.15) is 0 Å². The van der Waals surface area contributed by atoms with Crippen LogP contribution >= 0.6 is 15.9 Å². The molecular formula is C13H21BrN4O. The molecule has 1 N–H and O–H groups in total. The van der Waals surface area contributed by atoms with Crippen molar-refractivity contribution in [3.8, 4) is 0 Å². The number of carbonyl (C=O) groups excluding carboxylic acids is 1. The smallest absolute Gasteiger partial charge is 0.241 e. The molecule has 6 heteroatoms. The van der Waals surface area contributed by atoms with E-state index in [4.69, 9.17) is 0 Å². The highest BCUT2D eigenvalue weighted by atomic mass is 79.9. The van der Waals surface area contributed by atoms with Crippen molar-refractivity contribution in [1.82, 2.24) is 14.9 Å². The molecule has 1 rings (SSSR count). The molecule has 0 aromatic carbocycles. The second kappa shape index (κ2) is 8.09. The Morgan fingerprint density at radius 1 is 1.32 bits per heavy atom. The summed E-state index contributed by atoms with van der Waals surface area (Å²) in [5.74, 6) is 1.55. The zero-order valence-corrected chi connectivity index (χ0v) is 13.3. The lowest BCUT2D eigenvalue weighted by atomic mass is 10.3. The summed E-state index contributed by atoms with van der Waals surface area (Å²) in [6.07, 6.45) is 1.83. The standard InChI is InChI=1S/C13H21BrN4O/c1-4-7-11-16-10(14)8-12(17-11)15-9-13(19)18(5-2)6-3/h8H,4-7,9H2,1-3H3,(H,15,16,17). The number of amides is 1. The Labute approximate surface area is 122 Å². The summed E-state index contributed by atoms with van der Waals surface area (Å²) in [6.45, 7) is 7.75. The fraction of sp³-hybridized carbons (Fsp3) is 0.615. The predicted octanol–water partition coefficient (Wildman–Crippen LogP) is 2.47. The van der Waals surface area contributed by atoms with Gasteiger partial charge < -0.3 is 10.2 Å². The minimum Gasteiger partial charge on any atom is -0.361 e. The van der Waals surface area contributed by atoms with Crippen molar-refractivity contribution in [1.29, 1.82) is 0 Å². The summed E-state index contributed by atoms with van der Waals surface area (Å²) >= 11 is 3.36. The van der Waals surface area contributed by atoms with E-state index in [1.54, 1.807) is 11.0 Å². The minimum absolute atomic E-state index is 0.0803. The number of hydrogen-bond acceptors (Lipinski definition) is 4. The zero-order chi connectivity index (χ0) is 14.3. The Bertz CT molecular complexity index is 421. The van der Waals surface area contributed by atoms with Gasteiger partial charge in [-0.1, -0.05) is 6.92 Å². The van der Waals surface area contributed by atoms with Gasteiger partial charge in [0.2, 0.25) is 5.91 Å². The zero-order valence-electron chi connectivity index (χ0n) is 11.7. The van der Waals surface area contributed by atoms with Crippen molar-refractivity contribution in [2.24, 2.45) is 0 Å². The van der Waals surface area contributed by atoms with Gasteiger partial charge in [0.05, 0.1) is 6.54 Å². The maximum Gasteiger partial charge on any atom is 0.241 e. The molecule has 0 spiro atoms. The summed E-state index contributed by atoms with van der Waals surface area (Å²) in [6, 6.07) is 1.79. The van der Waals surface area contributed by atoms with Gasteiger partial charge in [-0.25, -0.2) is 9.97 Å². The molecule has 5 nitrogen and oxygen atoms in total. The van der Waals surface area contributed by atoms with Crippen LogP contribution in [0.25, 0.3) is 0 Å². The first-order valence-corrected chi connectivity index (χ1v) is 7.45. The maximum absolute atomic E-state index is 11.9. The number of halogens is 1. The van der Waals surface area contributed by atoms with Crippen LogP contribution in [0.5, 0.6) is 0 Å². The molecule has 1 heterocycles. The Hall–Kier alpha value is -1.17. The van der Waals surface area contributed by atoms with Crippen LogP contribution in [0.3, 0.4) is 0 Å². The molecule has 0 atom stereocenters. The predicted molar refractivity (Wildman–Crippen MR) is 80.1 cm³/mol. The van der Waals surface area contributed by atoms with Crippen molar-refractivity contribution < 1.29 is 4.79 Å². The lowest BCUT2D eigenvalue weighted by Crippen LogP contribution is -2.35. The van der Waals surface area contributed by atoms with Crippen LogP contribution in [0, 0.1) is 0 Å². The van der Waals surface area contributed by atoms with E-state index in [0.29, 0.717) is 5.82 Å². The SMILES string of the molecule is CCCc1nc(Br)cc(NCC(=O)N(CC)CC)n1. The lowest BCUT2D eigenvalue weighted by Gasteiger charge is -2.19. The average molecular weight is 329 g/mol. The Kier molecular flexibility index (Phi) is 6.77. The van der Waals surface area contributed by atoms with Crippen molar-refractivity contribution in [3.63, 3.8) is 0 Å². The highest BCUT2D eigenvalue weighted by Crippen LogP contribution is 2.13. The average Bonchev–Trinajstić information content (AvgIpc) is 2.37. The minimum atomic E-state index is 0.0803. The van der Waals surface area contributed by atoms with Crippen molar-refractivity contribution in [3.05, 3.63) is 16.5 Å². The van der Waals surface area contributed by atoms with E-state index in [9.17, 15) is 4.79 Å². The van der Waals surface area contributed by atoms with E-state index in [-0.39, 0.29) is 12.5 Å². The van der Waals surface area contributed by atoms with Crippen LogP contribution in [0.1, 0.15) is 33.0 Å². The van der Waals surface area contributed by atoms with Gasteiger partial charge in [0.25, 0.3) is 0 Å². The molecule has 0 aliphatic heterocycles. The Balaban J connectivity index is 2.64. The molecule has 1 aromatic rings. The molecule has 1 aromatic heterocycles. The topological polar surface area (TPSA) is 58.1 Å². The number of nitrogens with zero attached hydrogens (tertiary/aromatic N) is 3. The molecule has 19 heavy (non-hydrogen) atoms. The number of carbonyl (C=O) groups is 1. The van der Waals surface area contributed by atoms with E-state index < -0.39 is 0 Å². The van der Waals surface area contributed by atoms with E-state index in [1.807, 2.05) is 13.8 Å². The highest BCUT2D eigenvalue weighted by Gasteiger charge is 2.10. The summed E-state index contributed by atoms with van der Waals surface area (Å²) in [7, 11) is 0. The number of anilines is 1. The van der Waals surface area contributed by atoms with Crippen molar-refractivity contribution >= 4 is 27.7 Å². The van der Waals surface area contributed by atoms with Gasteiger partial charge in [-0.3, -0.25) is 4.79 Å². The third-order valence-electron chi connectivity index (χ3n) is 2.75. The molecule has 0 bridgehead atoms. The van der Waals surface area contributed by atoms with E-state index in [2.05, 4.69) is 38.1 Å². The molecule has 0 fully saturated rings. The van der Waals surface area contributed by atoms with E-state index >= 15 is 0 Å². The molecule has 0 saturated carbocycles. The van der Waals surface area contributed by atoms with Gasteiger partial charge in [0.15, 0.2) is 0 Å². The molecule has 106 valence electrons. The van der Waals surface area contributed by atoms with Crippen LogP contribution in [-0.2, 0) is 11.2 Å². The van der Waals surface area contributed by atoms with Crippen LogP contribution in [0.2, 0.25) is 0 Å². The maximum atomic E-state index is 11.9. The quantitative estimate of drug-likeness (QED) is 0.781. The fourth-order valence-electron chi connectivity index (χ4n) is 1.74. The molecular weight excluding hydrogens is 308 g/mol. The third kappa shape index (κ3) is 5.14. The fourth-order valence-corrected chi connectivity index (χ4v) is 2.17. The Morgan fingerprint density at radius 3 is 2.58 bits per heavy atom. The summed E-state index contributed by atoms with van der Waals surface area (Å²) in [4.78, 5) is 22.3. The Morgan fingerprint density at radius 2 is 2.00 bits per heavy atom. The molecule has 1 amide bonds. The monoisotopic (exact) mass is 328 g/mol. The first-order chi connectivity index (χ1) is 9.10. The number of likely N-dealkylation sites (N-methyl/N-ethyl adjacent to an activating group) is 1. The summed E-state index contributed by atoms with van der Waals surface area (Å²) in [5, 5.41) is 3.06. The van der Waals surface area contributed by atoms with Crippen LogP contribution < -0.4 is 5.32 Å². The van der Waals surface area contributed by atoms with Gasteiger partial charge >= 0.3 is 0 Å². The summed E-state index contributed by atoms with van der Waals surface area (Å²) in [5.41, 5.74) is 0. The number of nitrogens with one attached hydrogen (secondary N) is 1. The van der Waals surface area contributed by atoms with Gasteiger partial charge in [0.1, 0.15) is 16.2 Å². The highest BCUT2D eigenvalue weighted by molar-refractivity contribution is 9.10. The third-order valence-corrected chi connectivity index (χ3v) is 3.16. The van der Waals surface area contributed by atoms with Crippen molar-refractivity contribution in [2.45, 2.75) is 33.6 Å². The molecule has 0 unspecified atom stereocenters. The molecule has 0 saturated heterocycles. The number of aryl methyl sites for hydroxylation is 1. The van der Waals surface area contributed by atoms with Gasteiger partial charge in [-0.15, -0.1) is 0 Å². The second-order valence-corrected chi connectivity index (χ2v) is 4.97. The summed E-state index contributed by atoms with van der Waals surface area (Å²) < 4.78 is 0.740.